The first kappa shape index (κ1) is 12.2. The van der Waals surface area contributed by atoms with Gasteiger partial charge in [0, 0.05) is 25.2 Å². The van der Waals surface area contributed by atoms with Crippen LogP contribution in [0.15, 0.2) is 0 Å². The van der Waals surface area contributed by atoms with E-state index >= 15 is 0 Å². The maximum atomic E-state index is 12.4. The second-order valence-corrected chi connectivity index (χ2v) is 6.55. The molecular formula is C9H16F2N2O2S. The van der Waals surface area contributed by atoms with Gasteiger partial charge in [-0.2, -0.15) is 13.1 Å². The van der Waals surface area contributed by atoms with E-state index < -0.39 is 15.8 Å². The van der Waals surface area contributed by atoms with Crippen LogP contribution in [0.25, 0.3) is 0 Å². The Kier molecular flexibility index (Phi) is 3.20. The first-order chi connectivity index (χ1) is 7.41. The minimum Gasteiger partial charge on any atom is -0.311 e. The van der Waals surface area contributed by atoms with Crippen molar-refractivity contribution in [3.8, 4) is 0 Å². The molecule has 0 radical (unpaired) electrons. The Morgan fingerprint density at radius 2 is 1.75 bits per heavy atom. The first-order valence-electron chi connectivity index (χ1n) is 5.42. The number of fused-ring (bicyclic) bond motifs is 2. The van der Waals surface area contributed by atoms with Crippen molar-refractivity contribution in [2.45, 2.75) is 49.6 Å². The lowest BCUT2D eigenvalue weighted by molar-refractivity contribution is 0.199. The maximum Gasteiger partial charge on any atom is 0.350 e. The molecule has 94 valence electrons. The van der Waals surface area contributed by atoms with Gasteiger partial charge in [0.15, 0.2) is 0 Å². The zero-order valence-electron chi connectivity index (χ0n) is 9.07. The molecule has 2 bridgehead atoms. The van der Waals surface area contributed by atoms with Crippen LogP contribution in [-0.4, -0.2) is 43.7 Å². The van der Waals surface area contributed by atoms with Crippen molar-refractivity contribution in [2.24, 2.45) is 0 Å². The molecule has 0 amide bonds. The number of sulfonamides is 1. The fourth-order valence-electron chi connectivity index (χ4n) is 2.66. The van der Waals surface area contributed by atoms with Crippen LogP contribution in [0, 0.1) is 0 Å². The number of alkyl halides is 2. The Morgan fingerprint density at radius 3 is 2.19 bits per heavy atom. The zero-order valence-corrected chi connectivity index (χ0v) is 9.88. The summed E-state index contributed by atoms with van der Waals surface area (Å²) >= 11 is 0. The lowest BCUT2D eigenvalue weighted by Gasteiger charge is -2.34. The second-order valence-electron chi connectivity index (χ2n) is 4.58. The highest BCUT2D eigenvalue weighted by molar-refractivity contribution is 7.89. The molecule has 2 rings (SSSR count). The predicted molar refractivity (Wildman–Crippen MR) is 55.7 cm³/mol. The summed E-state index contributed by atoms with van der Waals surface area (Å²) < 4.78 is 48.3. The molecule has 1 N–H and O–H groups in total. The van der Waals surface area contributed by atoms with E-state index in [1.165, 1.54) is 7.05 Å². The average molecular weight is 254 g/mol. The smallest absolute Gasteiger partial charge is 0.311 e. The summed E-state index contributed by atoms with van der Waals surface area (Å²) in [5, 5.41) is 3.35. The van der Waals surface area contributed by atoms with Crippen molar-refractivity contribution < 1.29 is 17.2 Å². The molecule has 0 aromatic heterocycles. The number of nitrogens with zero attached hydrogens (tertiary/aromatic N) is 1. The Labute approximate surface area is 94.0 Å². The van der Waals surface area contributed by atoms with Crippen LogP contribution in [0.1, 0.15) is 25.7 Å². The van der Waals surface area contributed by atoms with Crippen LogP contribution >= 0.6 is 0 Å². The molecule has 2 aliphatic heterocycles. The van der Waals surface area contributed by atoms with Gasteiger partial charge in [-0.1, -0.05) is 0 Å². The van der Waals surface area contributed by atoms with Gasteiger partial charge in [-0.05, 0) is 25.7 Å². The molecule has 0 saturated carbocycles. The molecule has 0 aliphatic carbocycles. The maximum absolute atomic E-state index is 12.4. The van der Waals surface area contributed by atoms with Gasteiger partial charge in [-0.3, -0.25) is 0 Å². The monoisotopic (exact) mass is 254 g/mol. The van der Waals surface area contributed by atoms with Crippen LogP contribution in [0.2, 0.25) is 0 Å². The van der Waals surface area contributed by atoms with Crippen molar-refractivity contribution in [3.63, 3.8) is 0 Å². The minimum atomic E-state index is -4.42. The van der Waals surface area contributed by atoms with E-state index in [2.05, 4.69) is 5.32 Å². The Morgan fingerprint density at radius 1 is 1.25 bits per heavy atom. The standard InChI is InChI=1S/C9H16F2N2O2S/c1-13(16(14,15)9(10)11)8-4-6-2-3-7(5-8)12-6/h6-9,12H,2-5H2,1H3. The van der Waals surface area contributed by atoms with E-state index in [0.29, 0.717) is 24.9 Å². The molecule has 2 saturated heterocycles. The lowest BCUT2D eigenvalue weighted by Crippen LogP contribution is -2.49. The number of hydrogen-bond acceptors (Lipinski definition) is 3. The third kappa shape index (κ3) is 2.08. The fraction of sp³-hybridized carbons (Fsp3) is 1.00. The molecule has 2 unspecified atom stereocenters. The summed E-state index contributed by atoms with van der Waals surface area (Å²) in [5.41, 5.74) is 0. The van der Waals surface area contributed by atoms with Crippen molar-refractivity contribution in [2.75, 3.05) is 7.05 Å². The number of halogens is 2. The number of nitrogens with one attached hydrogen (secondary N) is 1. The SMILES string of the molecule is CN(C1CC2CCC(C1)N2)S(=O)(=O)C(F)F. The highest BCUT2D eigenvalue weighted by Gasteiger charge is 2.40. The zero-order chi connectivity index (χ0) is 11.9. The summed E-state index contributed by atoms with van der Waals surface area (Å²) in [6, 6.07) is 0.302. The molecule has 7 heteroatoms. The van der Waals surface area contributed by atoms with Crippen molar-refractivity contribution >= 4 is 10.0 Å². The Hall–Kier alpha value is -0.270. The van der Waals surface area contributed by atoms with Gasteiger partial charge in [0.25, 0.3) is 10.0 Å². The Balaban J connectivity index is 2.08. The van der Waals surface area contributed by atoms with Gasteiger partial charge in [-0.15, -0.1) is 0 Å². The molecule has 16 heavy (non-hydrogen) atoms. The van der Waals surface area contributed by atoms with Crippen LogP contribution < -0.4 is 5.32 Å². The van der Waals surface area contributed by atoms with E-state index in [0.717, 1.165) is 17.1 Å². The third-order valence-corrected chi connectivity index (χ3v) is 5.14. The van der Waals surface area contributed by atoms with Crippen LogP contribution in [0.3, 0.4) is 0 Å². The van der Waals surface area contributed by atoms with Gasteiger partial charge < -0.3 is 5.32 Å². The quantitative estimate of drug-likeness (QED) is 0.808. The van der Waals surface area contributed by atoms with E-state index in [1.54, 1.807) is 0 Å². The average Bonchev–Trinajstić information content (AvgIpc) is 2.56. The summed E-state index contributed by atoms with van der Waals surface area (Å²) in [4.78, 5) is 0. The van der Waals surface area contributed by atoms with E-state index in [1.807, 2.05) is 0 Å². The third-order valence-electron chi connectivity index (χ3n) is 3.59. The van der Waals surface area contributed by atoms with Crippen LogP contribution in [0.4, 0.5) is 8.78 Å². The molecule has 0 spiro atoms. The lowest BCUT2D eigenvalue weighted by atomic mass is 10.0. The Bertz CT molecular complexity index is 349. The molecule has 2 atom stereocenters. The number of rotatable bonds is 3. The van der Waals surface area contributed by atoms with Gasteiger partial charge in [-0.25, -0.2) is 8.42 Å². The highest BCUT2D eigenvalue weighted by Crippen LogP contribution is 2.31. The highest BCUT2D eigenvalue weighted by atomic mass is 32.2. The largest absolute Gasteiger partial charge is 0.350 e. The molecule has 0 aromatic carbocycles. The summed E-state index contributed by atoms with van der Waals surface area (Å²) in [6.45, 7) is 0. The summed E-state index contributed by atoms with van der Waals surface area (Å²) in [7, 11) is -3.16. The molecular weight excluding hydrogens is 238 g/mol. The van der Waals surface area contributed by atoms with Crippen LogP contribution in [-0.2, 0) is 10.0 Å². The van der Waals surface area contributed by atoms with Gasteiger partial charge >= 0.3 is 5.76 Å². The normalized spacial score (nSPS) is 34.9. The summed E-state index contributed by atoms with van der Waals surface area (Å²) in [6.07, 6.45) is 3.31. The van der Waals surface area contributed by atoms with E-state index in [4.69, 9.17) is 0 Å². The van der Waals surface area contributed by atoms with Gasteiger partial charge in [0.05, 0.1) is 0 Å². The second kappa shape index (κ2) is 4.19. The number of hydrogen-bond donors (Lipinski definition) is 1. The van der Waals surface area contributed by atoms with Gasteiger partial charge in [0.2, 0.25) is 0 Å². The molecule has 4 nitrogen and oxygen atoms in total. The predicted octanol–water partition coefficient (Wildman–Crippen LogP) is 0.754. The topological polar surface area (TPSA) is 49.4 Å². The van der Waals surface area contributed by atoms with E-state index in [-0.39, 0.29) is 6.04 Å². The number of piperidine rings is 1. The van der Waals surface area contributed by atoms with Crippen molar-refractivity contribution in [3.05, 3.63) is 0 Å². The molecule has 2 heterocycles. The van der Waals surface area contributed by atoms with Crippen molar-refractivity contribution in [1.29, 1.82) is 0 Å². The van der Waals surface area contributed by atoms with Crippen molar-refractivity contribution in [1.82, 2.24) is 9.62 Å². The minimum absolute atomic E-state index is 0.280. The van der Waals surface area contributed by atoms with E-state index in [9.17, 15) is 17.2 Å². The van der Waals surface area contributed by atoms with Gasteiger partial charge in [0.1, 0.15) is 0 Å². The van der Waals surface area contributed by atoms with Crippen LogP contribution in [0.5, 0.6) is 0 Å². The summed E-state index contributed by atoms with van der Waals surface area (Å²) in [5.74, 6) is -3.31. The molecule has 0 aromatic rings. The molecule has 2 fully saturated rings. The fourth-order valence-corrected chi connectivity index (χ4v) is 3.50. The molecule has 2 aliphatic rings. The first-order valence-corrected chi connectivity index (χ1v) is 6.92.